The van der Waals surface area contributed by atoms with Crippen LogP contribution in [0.4, 0.5) is 0 Å². The molecule has 0 bridgehead atoms. The minimum Gasteiger partial charge on any atom is -0.305 e. The zero-order chi connectivity index (χ0) is 10.4. The molecule has 74 valence electrons. The van der Waals surface area contributed by atoms with E-state index in [1.54, 1.807) is 0 Å². The average molecular weight is 200 g/mol. The van der Waals surface area contributed by atoms with Crippen LogP contribution in [-0.4, -0.2) is 13.5 Å². The molecule has 0 amide bonds. The largest absolute Gasteiger partial charge is 0.305 e. The summed E-state index contributed by atoms with van der Waals surface area (Å²) in [6.07, 6.45) is 0. The standard InChI is InChI=1S/C10H16O2S/c1-6-7(2)9(4)10(5,8(6)3)13(11)12/h1-5H3,(H,11,12). The van der Waals surface area contributed by atoms with Gasteiger partial charge in [0, 0.05) is 0 Å². The normalized spacial score (nSPS) is 24.2. The van der Waals surface area contributed by atoms with E-state index in [9.17, 15) is 8.76 Å². The fourth-order valence-corrected chi connectivity index (χ4v) is 2.65. The molecule has 1 unspecified atom stereocenters. The van der Waals surface area contributed by atoms with Crippen molar-refractivity contribution in [1.82, 2.24) is 0 Å². The van der Waals surface area contributed by atoms with Crippen LogP contribution < -0.4 is 0 Å². The zero-order valence-corrected chi connectivity index (χ0v) is 9.58. The summed E-state index contributed by atoms with van der Waals surface area (Å²) in [7, 11) is 0. The van der Waals surface area contributed by atoms with Crippen LogP contribution in [0.3, 0.4) is 0 Å². The molecular formula is C10H16O2S. The summed E-state index contributed by atoms with van der Waals surface area (Å²) in [6, 6.07) is 0. The van der Waals surface area contributed by atoms with E-state index in [4.69, 9.17) is 0 Å². The van der Waals surface area contributed by atoms with Crippen molar-refractivity contribution in [1.29, 1.82) is 0 Å². The molecule has 1 rings (SSSR count). The highest BCUT2D eigenvalue weighted by atomic mass is 32.2. The Hall–Kier alpha value is -0.410. The van der Waals surface area contributed by atoms with Crippen LogP contribution in [0, 0.1) is 0 Å². The van der Waals surface area contributed by atoms with Gasteiger partial charge < -0.3 is 4.55 Å². The lowest BCUT2D eigenvalue weighted by Gasteiger charge is -2.24. The molecule has 13 heavy (non-hydrogen) atoms. The highest BCUT2D eigenvalue weighted by Crippen LogP contribution is 2.42. The Morgan fingerprint density at radius 2 is 1.38 bits per heavy atom. The van der Waals surface area contributed by atoms with Gasteiger partial charge in [-0.3, -0.25) is 0 Å². The Bertz CT molecular complexity index is 313. The van der Waals surface area contributed by atoms with Gasteiger partial charge in [-0.2, -0.15) is 0 Å². The predicted octanol–water partition coefficient (Wildman–Crippen LogP) is 2.65. The van der Waals surface area contributed by atoms with Crippen molar-refractivity contribution in [3.63, 3.8) is 0 Å². The third-order valence-electron chi connectivity index (χ3n) is 3.47. The Balaban J connectivity index is 3.39. The molecule has 3 heteroatoms. The third-order valence-corrected chi connectivity index (χ3v) is 4.78. The molecule has 1 aliphatic rings. The number of rotatable bonds is 1. The highest BCUT2D eigenvalue weighted by Gasteiger charge is 2.41. The first-order valence-corrected chi connectivity index (χ1v) is 5.41. The molecular weight excluding hydrogens is 184 g/mol. The molecule has 0 aromatic carbocycles. The monoisotopic (exact) mass is 200 g/mol. The van der Waals surface area contributed by atoms with Crippen molar-refractivity contribution in [3.05, 3.63) is 22.3 Å². The molecule has 0 spiro atoms. The lowest BCUT2D eigenvalue weighted by molar-refractivity contribution is 0.540. The van der Waals surface area contributed by atoms with Gasteiger partial charge in [0.15, 0.2) is 11.1 Å². The summed E-state index contributed by atoms with van der Waals surface area (Å²) in [5.74, 6) is 0. The molecule has 2 nitrogen and oxygen atoms in total. The van der Waals surface area contributed by atoms with Crippen LogP contribution in [-0.2, 0) is 11.1 Å². The topological polar surface area (TPSA) is 37.3 Å². The molecule has 0 fully saturated rings. The lowest BCUT2D eigenvalue weighted by Crippen LogP contribution is -2.31. The van der Waals surface area contributed by atoms with E-state index in [0.29, 0.717) is 0 Å². The van der Waals surface area contributed by atoms with Gasteiger partial charge in [0.2, 0.25) is 0 Å². The van der Waals surface area contributed by atoms with E-state index >= 15 is 0 Å². The summed E-state index contributed by atoms with van der Waals surface area (Å²) < 4.78 is 19.9. The smallest absolute Gasteiger partial charge is 0.167 e. The summed E-state index contributed by atoms with van der Waals surface area (Å²) in [6.45, 7) is 9.71. The molecule has 0 saturated carbocycles. The SMILES string of the molecule is CC1=C(C)C(C)(S(=O)O)C(C)=C1C. The minimum absolute atomic E-state index is 0.659. The predicted molar refractivity (Wildman–Crippen MR) is 55.9 cm³/mol. The van der Waals surface area contributed by atoms with Gasteiger partial charge in [-0.15, -0.1) is 0 Å². The van der Waals surface area contributed by atoms with E-state index in [2.05, 4.69) is 0 Å². The van der Waals surface area contributed by atoms with E-state index in [0.717, 1.165) is 22.3 Å². The molecule has 0 aromatic heterocycles. The summed E-state index contributed by atoms with van der Waals surface area (Å²) >= 11 is -1.82. The second kappa shape index (κ2) is 3.07. The Labute approximate surface area is 82.0 Å². The summed E-state index contributed by atoms with van der Waals surface area (Å²) in [4.78, 5) is 0. The number of allylic oxidation sites excluding steroid dienone is 2. The Kier molecular flexibility index (Phi) is 2.52. The molecule has 1 N–H and O–H groups in total. The maximum atomic E-state index is 11.3. The molecule has 0 saturated heterocycles. The van der Waals surface area contributed by atoms with Crippen molar-refractivity contribution in [3.8, 4) is 0 Å². The first-order valence-electron chi connectivity index (χ1n) is 4.30. The number of hydrogen-bond donors (Lipinski definition) is 1. The van der Waals surface area contributed by atoms with Gasteiger partial charge >= 0.3 is 0 Å². The first-order chi connectivity index (χ1) is 5.83. The minimum atomic E-state index is -1.82. The Morgan fingerprint density at radius 1 is 1.08 bits per heavy atom. The van der Waals surface area contributed by atoms with Crippen molar-refractivity contribution in [2.75, 3.05) is 0 Å². The average Bonchev–Trinajstić information content (AvgIpc) is 2.22. The van der Waals surface area contributed by atoms with Gasteiger partial charge in [0.1, 0.15) is 4.75 Å². The maximum Gasteiger partial charge on any atom is 0.167 e. The lowest BCUT2D eigenvalue weighted by atomic mass is 9.98. The van der Waals surface area contributed by atoms with E-state index in [1.165, 1.54) is 0 Å². The summed E-state index contributed by atoms with van der Waals surface area (Å²) in [5.41, 5.74) is 4.34. The van der Waals surface area contributed by atoms with Crippen molar-refractivity contribution < 1.29 is 8.76 Å². The van der Waals surface area contributed by atoms with Crippen LogP contribution in [0.15, 0.2) is 22.3 Å². The maximum absolute atomic E-state index is 11.3. The second-order valence-electron chi connectivity index (χ2n) is 3.78. The van der Waals surface area contributed by atoms with Crippen LogP contribution in [0.2, 0.25) is 0 Å². The van der Waals surface area contributed by atoms with Crippen LogP contribution in [0.5, 0.6) is 0 Å². The first kappa shape index (κ1) is 10.7. The quantitative estimate of drug-likeness (QED) is 0.661. The molecule has 1 atom stereocenters. The molecule has 0 heterocycles. The van der Waals surface area contributed by atoms with E-state index in [-0.39, 0.29) is 0 Å². The van der Waals surface area contributed by atoms with Crippen molar-refractivity contribution in [2.24, 2.45) is 0 Å². The Morgan fingerprint density at radius 3 is 1.54 bits per heavy atom. The fourth-order valence-electron chi connectivity index (χ4n) is 1.82. The van der Waals surface area contributed by atoms with Crippen LogP contribution in [0.25, 0.3) is 0 Å². The summed E-state index contributed by atoms with van der Waals surface area (Å²) in [5, 5.41) is 0. The van der Waals surface area contributed by atoms with E-state index < -0.39 is 15.8 Å². The molecule has 0 radical (unpaired) electrons. The third kappa shape index (κ3) is 1.22. The molecule has 1 aliphatic carbocycles. The molecule has 0 aromatic rings. The van der Waals surface area contributed by atoms with Gasteiger partial charge in [0.05, 0.1) is 0 Å². The van der Waals surface area contributed by atoms with Gasteiger partial charge in [0.25, 0.3) is 0 Å². The second-order valence-corrected chi connectivity index (χ2v) is 5.10. The fraction of sp³-hybridized carbons (Fsp3) is 0.600. The van der Waals surface area contributed by atoms with Crippen LogP contribution in [0.1, 0.15) is 34.6 Å². The zero-order valence-electron chi connectivity index (χ0n) is 8.76. The van der Waals surface area contributed by atoms with Gasteiger partial charge in [-0.25, -0.2) is 4.21 Å². The van der Waals surface area contributed by atoms with Gasteiger partial charge in [-0.1, -0.05) is 0 Å². The van der Waals surface area contributed by atoms with E-state index in [1.807, 2.05) is 34.6 Å². The number of hydrogen-bond acceptors (Lipinski definition) is 1. The molecule has 0 aliphatic heterocycles. The van der Waals surface area contributed by atoms with Crippen molar-refractivity contribution in [2.45, 2.75) is 39.4 Å². The van der Waals surface area contributed by atoms with Crippen LogP contribution >= 0.6 is 0 Å². The van der Waals surface area contributed by atoms with Crippen molar-refractivity contribution >= 4 is 11.1 Å². The highest BCUT2D eigenvalue weighted by molar-refractivity contribution is 7.81. The van der Waals surface area contributed by atoms with Gasteiger partial charge in [-0.05, 0) is 56.9 Å².